The van der Waals surface area contributed by atoms with Crippen LogP contribution in [-0.4, -0.2) is 54.0 Å². The first-order valence-corrected chi connectivity index (χ1v) is 8.12. The Labute approximate surface area is 145 Å². The van der Waals surface area contributed by atoms with Crippen molar-refractivity contribution in [2.75, 3.05) is 43.9 Å². The van der Waals surface area contributed by atoms with E-state index in [-0.39, 0.29) is 23.7 Å². The summed E-state index contributed by atoms with van der Waals surface area (Å²) in [6.07, 6.45) is 1.42. The Balaban J connectivity index is 1.66. The molecule has 1 fully saturated rings. The normalized spacial score (nSPS) is 15.2. The van der Waals surface area contributed by atoms with Gasteiger partial charge in [-0.05, 0) is 13.1 Å². The average Bonchev–Trinajstić information content (AvgIpc) is 2.61. The highest BCUT2D eigenvalue weighted by Crippen LogP contribution is 2.15. The number of benzene rings is 1. The van der Waals surface area contributed by atoms with E-state index in [4.69, 9.17) is 5.73 Å². The van der Waals surface area contributed by atoms with E-state index < -0.39 is 5.91 Å². The van der Waals surface area contributed by atoms with Gasteiger partial charge in [0.2, 0.25) is 5.95 Å². The summed E-state index contributed by atoms with van der Waals surface area (Å²) in [5.41, 5.74) is 6.53. The lowest BCUT2D eigenvalue weighted by atomic mass is 10.2. The van der Waals surface area contributed by atoms with Crippen LogP contribution in [-0.2, 0) is 6.54 Å². The molecule has 1 amide bonds. The number of nitrogen functional groups attached to an aromatic ring is 1. The predicted octanol–water partition coefficient (Wildman–Crippen LogP) is 0.880. The van der Waals surface area contributed by atoms with Crippen LogP contribution in [0.15, 0.2) is 30.5 Å². The Morgan fingerprint density at radius 3 is 2.68 bits per heavy atom. The van der Waals surface area contributed by atoms with Crippen LogP contribution in [0.4, 0.5) is 16.2 Å². The molecule has 3 rings (SSSR count). The standard InChI is InChI=1S/C17H21FN6O/c1-23-6-8-24(9-7-23)17-21-11-13(15(19)22-17)16(25)20-10-12-4-2-3-5-14(12)18/h2-5,11H,6-10H2,1H3,(H,20,25)(H2,19,21,22). The van der Waals surface area contributed by atoms with Gasteiger partial charge in [0.15, 0.2) is 0 Å². The van der Waals surface area contributed by atoms with Crippen molar-refractivity contribution < 1.29 is 9.18 Å². The number of piperazine rings is 1. The Kier molecular flexibility index (Phi) is 5.08. The van der Waals surface area contributed by atoms with E-state index in [0.717, 1.165) is 26.2 Å². The second-order valence-corrected chi connectivity index (χ2v) is 6.03. The van der Waals surface area contributed by atoms with Gasteiger partial charge in [-0.15, -0.1) is 0 Å². The minimum atomic E-state index is -0.425. The molecule has 7 nitrogen and oxygen atoms in total. The largest absolute Gasteiger partial charge is 0.383 e. The van der Waals surface area contributed by atoms with Gasteiger partial charge in [0.1, 0.15) is 11.6 Å². The highest BCUT2D eigenvalue weighted by Gasteiger charge is 2.19. The zero-order valence-electron chi connectivity index (χ0n) is 14.1. The van der Waals surface area contributed by atoms with Gasteiger partial charge in [-0.1, -0.05) is 18.2 Å². The van der Waals surface area contributed by atoms with Gasteiger partial charge in [0.05, 0.1) is 5.56 Å². The van der Waals surface area contributed by atoms with Gasteiger partial charge in [0.25, 0.3) is 5.91 Å². The van der Waals surface area contributed by atoms with Crippen LogP contribution in [0.25, 0.3) is 0 Å². The highest BCUT2D eigenvalue weighted by molar-refractivity contribution is 5.98. The zero-order chi connectivity index (χ0) is 17.8. The molecule has 0 aliphatic carbocycles. The van der Waals surface area contributed by atoms with Crippen LogP contribution in [0, 0.1) is 5.82 Å². The first-order chi connectivity index (χ1) is 12.0. The third kappa shape index (κ3) is 4.03. The molecule has 25 heavy (non-hydrogen) atoms. The summed E-state index contributed by atoms with van der Waals surface area (Å²) >= 11 is 0. The van der Waals surface area contributed by atoms with Crippen LogP contribution in [0.3, 0.4) is 0 Å². The van der Waals surface area contributed by atoms with Crippen LogP contribution >= 0.6 is 0 Å². The van der Waals surface area contributed by atoms with E-state index in [0.29, 0.717) is 11.5 Å². The molecule has 0 spiro atoms. The molecule has 1 aliphatic heterocycles. The molecule has 0 radical (unpaired) electrons. The maximum Gasteiger partial charge on any atom is 0.256 e. The van der Waals surface area contributed by atoms with Gasteiger partial charge in [-0.2, -0.15) is 4.98 Å². The Morgan fingerprint density at radius 2 is 2.00 bits per heavy atom. The smallest absolute Gasteiger partial charge is 0.256 e. The van der Waals surface area contributed by atoms with Crippen LogP contribution in [0.5, 0.6) is 0 Å². The molecule has 1 aromatic heterocycles. The molecule has 2 heterocycles. The summed E-state index contributed by atoms with van der Waals surface area (Å²) in [5.74, 6) is -0.144. The number of anilines is 2. The second kappa shape index (κ2) is 7.43. The minimum absolute atomic E-state index is 0.0746. The average molecular weight is 344 g/mol. The Hall–Kier alpha value is -2.74. The van der Waals surface area contributed by atoms with Gasteiger partial charge >= 0.3 is 0 Å². The number of carbonyl (C=O) groups is 1. The van der Waals surface area contributed by atoms with Gasteiger partial charge in [-0.3, -0.25) is 4.79 Å². The number of rotatable bonds is 4. The molecular formula is C17H21FN6O. The van der Waals surface area contributed by atoms with Crippen molar-refractivity contribution in [3.05, 3.63) is 47.4 Å². The van der Waals surface area contributed by atoms with E-state index >= 15 is 0 Å². The SMILES string of the molecule is CN1CCN(c2ncc(C(=O)NCc3ccccc3F)c(N)n2)CC1. The quantitative estimate of drug-likeness (QED) is 0.856. The summed E-state index contributed by atoms with van der Waals surface area (Å²) in [7, 11) is 2.07. The number of aromatic nitrogens is 2. The number of nitrogens with two attached hydrogens (primary N) is 1. The van der Waals surface area contributed by atoms with Crippen LogP contribution < -0.4 is 16.0 Å². The van der Waals surface area contributed by atoms with Gasteiger partial charge in [-0.25, -0.2) is 9.37 Å². The predicted molar refractivity (Wildman–Crippen MR) is 93.7 cm³/mol. The number of nitrogens with one attached hydrogen (secondary N) is 1. The lowest BCUT2D eigenvalue weighted by molar-refractivity contribution is 0.0951. The second-order valence-electron chi connectivity index (χ2n) is 6.03. The van der Waals surface area contributed by atoms with Crippen LogP contribution in [0.2, 0.25) is 0 Å². The number of likely N-dealkylation sites (N-methyl/N-ethyl adjacent to an activating group) is 1. The third-order valence-corrected chi connectivity index (χ3v) is 4.23. The molecule has 0 saturated carbocycles. The summed E-state index contributed by atoms with van der Waals surface area (Å²) in [6, 6.07) is 6.28. The monoisotopic (exact) mass is 344 g/mol. The molecule has 8 heteroatoms. The maximum absolute atomic E-state index is 13.6. The molecule has 0 unspecified atom stereocenters. The van der Waals surface area contributed by atoms with E-state index in [1.165, 1.54) is 12.3 Å². The highest BCUT2D eigenvalue weighted by atomic mass is 19.1. The molecule has 1 aromatic carbocycles. The van der Waals surface area contributed by atoms with Crippen molar-refractivity contribution in [2.24, 2.45) is 0 Å². The fourth-order valence-electron chi connectivity index (χ4n) is 2.63. The van der Waals surface area contributed by atoms with Gasteiger partial charge < -0.3 is 20.9 Å². The summed E-state index contributed by atoms with van der Waals surface area (Å²) in [6.45, 7) is 3.55. The fourth-order valence-corrected chi connectivity index (χ4v) is 2.63. The molecule has 1 saturated heterocycles. The van der Waals surface area contributed by atoms with Crippen molar-refractivity contribution in [3.8, 4) is 0 Å². The van der Waals surface area contributed by atoms with Crippen molar-refractivity contribution in [3.63, 3.8) is 0 Å². The fraction of sp³-hybridized carbons (Fsp3) is 0.353. The summed E-state index contributed by atoms with van der Waals surface area (Å²) in [5, 5.41) is 2.64. The topological polar surface area (TPSA) is 87.4 Å². The molecule has 3 N–H and O–H groups in total. The first kappa shape index (κ1) is 17.1. The minimum Gasteiger partial charge on any atom is -0.383 e. The number of hydrogen-bond donors (Lipinski definition) is 2. The van der Waals surface area contributed by atoms with Crippen molar-refractivity contribution in [1.29, 1.82) is 0 Å². The molecular weight excluding hydrogens is 323 g/mol. The van der Waals surface area contributed by atoms with Crippen molar-refractivity contribution >= 4 is 17.7 Å². The van der Waals surface area contributed by atoms with Gasteiger partial charge in [0, 0.05) is 44.5 Å². The van der Waals surface area contributed by atoms with E-state index in [1.54, 1.807) is 18.2 Å². The lowest BCUT2D eigenvalue weighted by Crippen LogP contribution is -2.45. The third-order valence-electron chi connectivity index (χ3n) is 4.23. The van der Waals surface area contributed by atoms with E-state index in [1.807, 2.05) is 4.90 Å². The van der Waals surface area contributed by atoms with Crippen molar-refractivity contribution in [2.45, 2.75) is 6.54 Å². The molecule has 0 bridgehead atoms. The Morgan fingerprint density at radius 1 is 1.28 bits per heavy atom. The number of halogens is 1. The maximum atomic E-state index is 13.6. The number of carbonyl (C=O) groups excluding carboxylic acids is 1. The van der Waals surface area contributed by atoms with Crippen molar-refractivity contribution in [1.82, 2.24) is 20.2 Å². The summed E-state index contributed by atoms with van der Waals surface area (Å²) in [4.78, 5) is 25.1. The molecule has 132 valence electrons. The van der Waals surface area contributed by atoms with E-state index in [9.17, 15) is 9.18 Å². The lowest BCUT2D eigenvalue weighted by Gasteiger charge is -2.32. The molecule has 2 aromatic rings. The summed E-state index contributed by atoms with van der Waals surface area (Å²) < 4.78 is 13.6. The number of amides is 1. The van der Waals surface area contributed by atoms with E-state index in [2.05, 4.69) is 27.2 Å². The molecule has 1 aliphatic rings. The molecule has 0 atom stereocenters. The Bertz CT molecular complexity index is 761. The number of nitrogens with zero attached hydrogens (tertiary/aromatic N) is 4. The van der Waals surface area contributed by atoms with Crippen LogP contribution in [0.1, 0.15) is 15.9 Å². The zero-order valence-corrected chi connectivity index (χ0v) is 14.1. The number of hydrogen-bond acceptors (Lipinski definition) is 6. The first-order valence-electron chi connectivity index (χ1n) is 8.12.